The summed E-state index contributed by atoms with van der Waals surface area (Å²) < 4.78 is 27.4. The van der Waals surface area contributed by atoms with Gasteiger partial charge in [0.1, 0.15) is 0 Å². The second kappa shape index (κ2) is 5.32. The molecule has 1 aliphatic carbocycles. The Morgan fingerprint density at radius 3 is 2.63 bits per heavy atom. The minimum absolute atomic E-state index is 0.0371. The summed E-state index contributed by atoms with van der Waals surface area (Å²) in [4.78, 5) is 0.269. The first kappa shape index (κ1) is 14.0. The molecule has 0 aliphatic heterocycles. The Morgan fingerprint density at radius 1 is 1.37 bits per heavy atom. The van der Waals surface area contributed by atoms with Crippen LogP contribution in [-0.4, -0.2) is 14.5 Å². The fraction of sp³-hybridized carbons (Fsp3) is 0.500. The van der Waals surface area contributed by atoms with Crippen molar-refractivity contribution in [3.05, 3.63) is 29.3 Å². The summed E-state index contributed by atoms with van der Waals surface area (Å²) in [5, 5.41) is 8.80. The molecule has 0 heterocycles. The van der Waals surface area contributed by atoms with Crippen LogP contribution in [0.5, 0.6) is 0 Å². The van der Waals surface area contributed by atoms with E-state index in [1.54, 1.807) is 19.1 Å². The van der Waals surface area contributed by atoms with Gasteiger partial charge < -0.3 is 0 Å². The summed E-state index contributed by atoms with van der Waals surface area (Å²) in [5.74, 6) is 0.578. The van der Waals surface area contributed by atoms with E-state index in [0.29, 0.717) is 17.0 Å². The van der Waals surface area contributed by atoms with Crippen LogP contribution < -0.4 is 4.72 Å². The lowest BCUT2D eigenvalue weighted by Crippen LogP contribution is -2.33. The number of benzene rings is 1. The highest BCUT2D eigenvalue weighted by atomic mass is 32.2. The van der Waals surface area contributed by atoms with Crippen LogP contribution >= 0.6 is 0 Å². The molecule has 1 aliphatic rings. The fourth-order valence-electron chi connectivity index (χ4n) is 2.62. The summed E-state index contributed by atoms with van der Waals surface area (Å²) in [6, 6.07) is 6.70. The van der Waals surface area contributed by atoms with Crippen molar-refractivity contribution < 1.29 is 8.42 Å². The van der Waals surface area contributed by atoms with Gasteiger partial charge in [-0.25, -0.2) is 13.1 Å². The Kier molecular flexibility index (Phi) is 3.93. The Hall–Kier alpha value is -1.38. The number of nitrogens with one attached hydrogen (secondary N) is 1. The predicted octanol–water partition coefficient (Wildman–Crippen LogP) is 2.33. The van der Waals surface area contributed by atoms with Crippen LogP contribution in [0.25, 0.3) is 0 Å². The van der Waals surface area contributed by atoms with Gasteiger partial charge in [0.05, 0.1) is 16.5 Å². The van der Waals surface area contributed by atoms with Gasteiger partial charge in [0.15, 0.2) is 0 Å². The standard InChI is InChI=1S/C14H18N2O2S/c1-10-3-5-13(7-10)16-19(17,18)14-6-4-12(9-15)8-11(14)2/h4,6,8,10,13,16H,3,5,7H2,1-2H3. The molecule has 4 nitrogen and oxygen atoms in total. The maximum absolute atomic E-state index is 12.3. The van der Waals surface area contributed by atoms with Gasteiger partial charge in [-0.05, 0) is 55.9 Å². The Morgan fingerprint density at radius 2 is 2.11 bits per heavy atom. The molecular formula is C14H18N2O2S. The van der Waals surface area contributed by atoms with E-state index in [2.05, 4.69) is 11.6 Å². The van der Waals surface area contributed by atoms with Crippen molar-refractivity contribution in [2.75, 3.05) is 0 Å². The Bertz CT molecular complexity index is 617. The number of aryl methyl sites for hydroxylation is 1. The third-order valence-electron chi connectivity index (χ3n) is 3.61. The van der Waals surface area contributed by atoms with E-state index in [1.807, 2.05) is 6.07 Å². The summed E-state index contributed by atoms with van der Waals surface area (Å²) in [7, 11) is -3.48. The van der Waals surface area contributed by atoms with Crippen LogP contribution in [0.15, 0.2) is 23.1 Å². The van der Waals surface area contributed by atoms with Crippen molar-refractivity contribution in [3.63, 3.8) is 0 Å². The summed E-state index contributed by atoms with van der Waals surface area (Å²) in [5.41, 5.74) is 1.09. The largest absolute Gasteiger partial charge is 0.241 e. The molecule has 0 saturated heterocycles. The molecule has 1 fully saturated rings. The highest BCUT2D eigenvalue weighted by Gasteiger charge is 2.27. The molecule has 102 valence electrons. The van der Waals surface area contributed by atoms with E-state index < -0.39 is 10.0 Å². The minimum Gasteiger partial charge on any atom is -0.208 e. The molecule has 0 amide bonds. The highest BCUT2D eigenvalue weighted by Crippen LogP contribution is 2.26. The van der Waals surface area contributed by atoms with Crippen LogP contribution in [0.2, 0.25) is 0 Å². The van der Waals surface area contributed by atoms with Crippen LogP contribution in [0.3, 0.4) is 0 Å². The van der Waals surface area contributed by atoms with Crippen molar-refractivity contribution in [1.29, 1.82) is 5.26 Å². The molecule has 19 heavy (non-hydrogen) atoms. The average Bonchev–Trinajstić information content (AvgIpc) is 2.73. The van der Waals surface area contributed by atoms with E-state index in [-0.39, 0.29) is 10.9 Å². The van der Waals surface area contributed by atoms with Crippen molar-refractivity contribution in [2.24, 2.45) is 5.92 Å². The minimum atomic E-state index is -3.48. The van der Waals surface area contributed by atoms with E-state index in [9.17, 15) is 8.42 Å². The maximum Gasteiger partial charge on any atom is 0.241 e. The maximum atomic E-state index is 12.3. The van der Waals surface area contributed by atoms with Gasteiger partial charge in [-0.3, -0.25) is 0 Å². The summed E-state index contributed by atoms with van der Waals surface area (Å²) >= 11 is 0. The van der Waals surface area contributed by atoms with Gasteiger partial charge in [-0.2, -0.15) is 5.26 Å². The Labute approximate surface area is 114 Å². The SMILES string of the molecule is Cc1cc(C#N)ccc1S(=O)(=O)NC1CCC(C)C1. The van der Waals surface area contributed by atoms with Crippen LogP contribution in [0.1, 0.15) is 37.3 Å². The van der Waals surface area contributed by atoms with Gasteiger partial charge in [0, 0.05) is 6.04 Å². The highest BCUT2D eigenvalue weighted by molar-refractivity contribution is 7.89. The molecule has 0 radical (unpaired) electrons. The van der Waals surface area contributed by atoms with Crippen molar-refractivity contribution >= 4 is 10.0 Å². The molecule has 1 aromatic carbocycles. The van der Waals surface area contributed by atoms with Crippen molar-refractivity contribution in [1.82, 2.24) is 4.72 Å². The molecule has 1 saturated carbocycles. The van der Waals surface area contributed by atoms with Gasteiger partial charge in [0.25, 0.3) is 0 Å². The van der Waals surface area contributed by atoms with E-state index in [1.165, 1.54) is 6.07 Å². The number of nitriles is 1. The first-order valence-corrected chi connectivity index (χ1v) is 7.94. The second-order valence-corrected chi connectivity index (χ2v) is 7.01. The lowest BCUT2D eigenvalue weighted by molar-refractivity contribution is 0.538. The summed E-state index contributed by atoms with van der Waals surface area (Å²) in [6.07, 6.45) is 2.86. The summed E-state index contributed by atoms with van der Waals surface area (Å²) in [6.45, 7) is 3.86. The number of rotatable bonds is 3. The second-order valence-electron chi connectivity index (χ2n) is 5.33. The molecule has 0 aromatic heterocycles. The van der Waals surface area contributed by atoms with Crippen molar-refractivity contribution in [2.45, 2.75) is 44.0 Å². The van der Waals surface area contributed by atoms with E-state index >= 15 is 0 Å². The molecule has 2 atom stereocenters. The third-order valence-corrected chi connectivity index (χ3v) is 5.29. The molecule has 0 spiro atoms. The molecule has 1 aromatic rings. The molecule has 2 rings (SSSR count). The first-order chi connectivity index (χ1) is 8.92. The zero-order chi connectivity index (χ0) is 14.0. The molecular weight excluding hydrogens is 260 g/mol. The monoisotopic (exact) mass is 278 g/mol. The zero-order valence-corrected chi connectivity index (χ0v) is 12.0. The smallest absolute Gasteiger partial charge is 0.208 e. The van der Waals surface area contributed by atoms with Crippen molar-refractivity contribution in [3.8, 4) is 6.07 Å². The fourth-order valence-corrected chi connectivity index (χ4v) is 4.13. The van der Waals surface area contributed by atoms with Gasteiger partial charge in [0.2, 0.25) is 10.0 Å². The molecule has 1 N–H and O–H groups in total. The van der Waals surface area contributed by atoms with E-state index in [0.717, 1.165) is 19.3 Å². The molecule has 2 unspecified atom stereocenters. The van der Waals surface area contributed by atoms with Gasteiger partial charge in [-0.1, -0.05) is 6.92 Å². The van der Waals surface area contributed by atoms with Crippen LogP contribution in [0, 0.1) is 24.2 Å². The number of hydrogen-bond acceptors (Lipinski definition) is 3. The average molecular weight is 278 g/mol. The van der Waals surface area contributed by atoms with Gasteiger partial charge >= 0.3 is 0 Å². The molecule has 0 bridgehead atoms. The zero-order valence-electron chi connectivity index (χ0n) is 11.2. The van der Waals surface area contributed by atoms with Gasteiger partial charge in [-0.15, -0.1) is 0 Å². The topological polar surface area (TPSA) is 70.0 Å². The Balaban J connectivity index is 2.23. The number of nitrogens with zero attached hydrogens (tertiary/aromatic N) is 1. The number of sulfonamides is 1. The van der Waals surface area contributed by atoms with Crippen LogP contribution in [-0.2, 0) is 10.0 Å². The third kappa shape index (κ3) is 3.14. The predicted molar refractivity (Wildman–Crippen MR) is 73.0 cm³/mol. The lowest BCUT2D eigenvalue weighted by atomic mass is 10.1. The first-order valence-electron chi connectivity index (χ1n) is 6.45. The number of hydrogen-bond donors (Lipinski definition) is 1. The molecule has 5 heteroatoms. The lowest BCUT2D eigenvalue weighted by Gasteiger charge is -2.14. The van der Waals surface area contributed by atoms with E-state index in [4.69, 9.17) is 5.26 Å². The van der Waals surface area contributed by atoms with Crippen LogP contribution in [0.4, 0.5) is 0 Å². The normalized spacial score (nSPS) is 23.2. The quantitative estimate of drug-likeness (QED) is 0.922.